The van der Waals surface area contributed by atoms with Gasteiger partial charge in [-0.15, -0.1) is 24.0 Å². The minimum atomic E-state index is -0.463. The van der Waals surface area contributed by atoms with E-state index in [1.807, 2.05) is 58.1 Å². The Bertz CT molecular complexity index is 728. The van der Waals surface area contributed by atoms with E-state index in [-0.39, 0.29) is 30.1 Å². The minimum Gasteiger partial charge on any atom is -0.444 e. The number of ether oxygens (including phenoxy) is 1. The summed E-state index contributed by atoms with van der Waals surface area (Å²) in [5, 5.41) is 3.59. The lowest BCUT2D eigenvalue weighted by atomic mass is 9.89. The number of piperidine rings is 1. The first kappa shape index (κ1) is 29.5. The van der Waals surface area contributed by atoms with Crippen LogP contribution in [0.1, 0.15) is 65.9 Å². The standard InChI is InChI=1S/C25H43N5O2.HI/c1-8-29(24(31)32-25(4,5)6)18-20-11-14-30(15-12-20)23(26-7)28-17-22(19(2)3)21-10-9-13-27-16-21;/h9-10,13,16,19-20,22H,8,11-12,14-15,17-18H2,1-7H3,(H,26,28);1H. The maximum absolute atomic E-state index is 12.5. The maximum atomic E-state index is 12.5. The molecule has 0 aliphatic carbocycles. The van der Waals surface area contributed by atoms with E-state index < -0.39 is 5.60 Å². The van der Waals surface area contributed by atoms with Crippen molar-refractivity contribution in [2.24, 2.45) is 16.8 Å². The van der Waals surface area contributed by atoms with Crippen molar-refractivity contribution in [3.63, 3.8) is 0 Å². The van der Waals surface area contributed by atoms with Gasteiger partial charge in [-0.2, -0.15) is 0 Å². The second-order valence-electron chi connectivity index (χ2n) is 10.0. The molecular weight excluding hydrogens is 529 g/mol. The zero-order valence-corrected chi connectivity index (χ0v) is 23.8. The number of pyridine rings is 1. The molecule has 1 N–H and O–H groups in total. The number of carbonyl (C=O) groups excluding carboxylic acids is 1. The predicted octanol–water partition coefficient (Wildman–Crippen LogP) is 4.98. The largest absolute Gasteiger partial charge is 0.444 e. The summed E-state index contributed by atoms with van der Waals surface area (Å²) in [6.07, 6.45) is 5.65. The fraction of sp³-hybridized carbons (Fsp3) is 0.720. The first-order valence-electron chi connectivity index (χ1n) is 12.0. The van der Waals surface area contributed by atoms with Crippen LogP contribution in [-0.2, 0) is 4.74 Å². The van der Waals surface area contributed by atoms with E-state index >= 15 is 0 Å². The van der Waals surface area contributed by atoms with Gasteiger partial charge in [-0.25, -0.2) is 4.79 Å². The highest BCUT2D eigenvalue weighted by molar-refractivity contribution is 14.0. The monoisotopic (exact) mass is 573 g/mol. The van der Waals surface area contributed by atoms with Gasteiger partial charge >= 0.3 is 6.09 Å². The molecule has 0 spiro atoms. The highest BCUT2D eigenvalue weighted by atomic mass is 127. The number of aliphatic imine (C=N–C) groups is 1. The number of carbonyl (C=O) groups is 1. The summed E-state index contributed by atoms with van der Waals surface area (Å²) >= 11 is 0. The average molecular weight is 574 g/mol. The van der Waals surface area contributed by atoms with E-state index in [4.69, 9.17) is 4.74 Å². The van der Waals surface area contributed by atoms with Crippen molar-refractivity contribution in [2.45, 2.75) is 65.9 Å². The van der Waals surface area contributed by atoms with Crippen LogP contribution in [-0.4, -0.2) is 72.2 Å². The Kier molecular flexibility index (Phi) is 12.5. The predicted molar refractivity (Wildman–Crippen MR) is 146 cm³/mol. The van der Waals surface area contributed by atoms with E-state index in [1.54, 1.807) is 0 Å². The molecule has 1 amide bonds. The van der Waals surface area contributed by atoms with Gasteiger partial charge in [-0.3, -0.25) is 9.98 Å². The fourth-order valence-electron chi connectivity index (χ4n) is 4.17. The first-order chi connectivity index (χ1) is 15.1. The molecule has 0 radical (unpaired) electrons. The lowest BCUT2D eigenvalue weighted by Crippen LogP contribution is -2.48. The molecule has 2 heterocycles. The third-order valence-corrected chi connectivity index (χ3v) is 6.04. The van der Waals surface area contributed by atoms with E-state index in [0.29, 0.717) is 24.3 Å². The summed E-state index contributed by atoms with van der Waals surface area (Å²) in [5.74, 6) is 2.32. The number of rotatable bonds is 7. The van der Waals surface area contributed by atoms with E-state index in [2.05, 4.69) is 40.1 Å². The molecule has 2 rings (SSSR count). The normalized spacial score (nSPS) is 16.2. The molecule has 1 saturated heterocycles. The van der Waals surface area contributed by atoms with Crippen LogP contribution in [0, 0.1) is 11.8 Å². The number of nitrogens with zero attached hydrogens (tertiary/aromatic N) is 4. The van der Waals surface area contributed by atoms with Crippen LogP contribution in [0.4, 0.5) is 4.79 Å². The third kappa shape index (κ3) is 9.66. The number of hydrogen-bond acceptors (Lipinski definition) is 4. The van der Waals surface area contributed by atoms with Crippen LogP contribution in [0.15, 0.2) is 29.5 Å². The van der Waals surface area contributed by atoms with Gasteiger partial charge in [-0.05, 0) is 64.0 Å². The third-order valence-electron chi connectivity index (χ3n) is 6.04. The summed E-state index contributed by atoms with van der Waals surface area (Å²) in [6.45, 7) is 16.4. The summed E-state index contributed by atoms with van der Waals surface area (Å²) in [5.41, 5.74) is 0.793. The number of amides is 1. The molecule has 7 nitrogen and oxygen atoms in total. The number of aromatic nitrogens is 1. The molecule has 1 atom stereocenters. The molecule has 188 valence electrons. The second kappa shape index (κ2) is 14.0. The molecule has 0 saturated carbocycles. The van der Waals surface area contributed by atoms with Crippen molar-refractivity contribution in [1.29, 1.82) is 0 Å². The van der Waals surface area contributed by atoms with Gasteiger partial charge < -0.3 is 19.9 Å². The molecule has 1 aromatic rings. The second-order valence-corrected chi connectivity index (χ2v) is 10.0. The lowest BCUT2D eigenvalue weighted by molar-refractivity contribution is 0.0214. The quantitative estimate of drug-likeness (QED) is 0.283. The Labute approximate surface area is 217 Å². The fourth-order valence-corrected chi connectivity index (χ4v) is 4.17. The zero-order valence-electron chi connectivity index (χ0n) is 21.5. The summed E-state index contributed by atoms with van der Waals surface area (Å²) in [4.78, 5) is 25.5. The highest BCUT2D eigenvalue weighted by Crippen LogP contribution is 2.24. The molecule has 0 aromatic carbocycles. The zero-order chi connectivity index (χ0) is 23.7. The minimum absolute atomic E-state index is 0. The van der Waals surface area contributed by atoms with Crippen LogP contribution in [0.25, 0.3) is 0 Å². The van der Waals surface area contributed by atoms with Crippen LogP contribution in [0.5, 0.6) is 0 Å². The molecule has 8 heteroatoms. The maximum Gasteiger partial charge on any atom is 0.410 e. The van der Waals surface area contributed by atoms with Crippen molar-refractivity contribution in [3.05, 3.63) is 30.1 Å². The van der Waals surface area contributed by atoms with E-state index in [0.717, 1.165) is 45.0 Å². The average Bonchev–Trinajstić information content (AvgIpc) is 2.75. The first-order valence-corrected chi connectivity index (χ1v) is 12.0. The van der Waals surface area contributed by atoms with Crippen molar-refractivity contribution in [2.75, 3.05) is 39.8 Å². The van der Waals surface area contributed by atoms with Gasteiger partial charge in [0.05, 0.1) is 0 Å². The van der Waals surface area contributed by atoms with Gasteiger partial charge in [0, 0.05) is 58.1 Å². The number of likely N-dealkylation sites (tertiary alicyclic amines) is 1. The molecule has 1 aromatic heterocycles. The Morgan fingerprint density at radius 2 is 2.00 bits per heavy atom. The van der Waals surface area contributed by atoms with E-state index in [9.17, 15) is 4.79 Å². The molecular formula is C25H44IN5O2. The Balaban J connectivity index is 0.00000544. The SMILES string of the molecule is CCN(CC1CCN(C(=NC)NCC(c2cccnc2)C(C)C)CC1)C(=O)OC(C)(C)C.I. The molecule has 1 aliphatic heterocycles. The number of halogens is 1. The summed E-state index contributed by atoms with van der Waals surface area (Å²) in [7, 11) is 1.85. The van der Waals surface area contributed by atoms with Gasteiger partial charge in [0.25, 0.3) is 0 Å². The Hall–Kier alpha value is -1.58. The van der Waals surface area contributed by atoms with Crippen molar-refractivity contribution in [3.8, 4) is 0 Å². The van der Waals surface area contributed by atoms with Gasteiger partial charge in [0.15, 0.2) is 5.96 Å². The molecule has 1 unspecified atom stereocenters. The number of guanidine groups is 1. The van der Waals surface area contributed by atoms with Gasteiger partial charge in [-0.1, -0.05) is 19.9 Å². The van der Waals surface area contributed by atoms with Crippen LogP contribution >= 0.6 is 24.0 Å². The van der Waals surface area contributed by atoms with E-state index in [1.165, 1.54) is 5.56 Å². The highest BCUT2D eigenvalue weighted by Gasteiger charge is 2.27. The summed E-state index contributed by atoms with van der Waals surface area (Å²) < 4.78 is 5.56. The lowest BCUT2D eigenvalue weighted by Gasteiger charge is -2.37. The molecule has 33 heavy (non-hydrogen) atoms. The van der Waals surface area contributed by atoms with Crippen molar-refractivity contribution in [1.82, 2.24) is 20.1 Å². The molecule has 1 fully saturated rings. The number of hydrogen-bond donors (Lipinski definition) is 1. The van der Waals surface area contributed by atoms with Crippen LogP contribution < -0.4 is 5.32 Å². The van der Waals surface area contributed by atoms with Gasteiger partial charge in [0.1, 0.15) is 5.60 Å². The topological polar surface area (TPSA) is 70.1 Å². The number of nitrogens with one attached hydrogen (secondary N) is 1. The Morgan fingerprint density at radius 1 is 1.33 bits per heavy atom. The van der Waals surface area contributed by atoms with Crippen molar-refractivity contribution >= 4 is 36.0 Å². The van der Waals surface area contributed by atoms with Crippen molar-refractivity contribution < 1.29 is 9.53 Å². The smallest absolute Gasteiger partial charge is 0.410 e. The van der Waals surface area contributed by atoms with Gasteiger partial charge in [0.2, 0.25) is 0 Å². The van der Waals surface area contributed by atoms with Crippen LogP contribution in [0.3, 0.4) is 0 Å². The van der Waals surface area contributed by atoms with Crippen LogP contribution in [0.2, 0.25) is 0 Å². The summed E-state index contributed by atoms with van der Waals surface area (Å²) in [6, 6.07) is 4.15. The Morgan fingerprint density at radius 3 is 2.48 bits per heavy atom. The molecule has 1 aliphatic rings. The molecule has 0 bridgehead atoms.